The number of rotatable bonds is 6. The van der Waals surface area contributed by atoms with Crippen molar-refractivity contribution in [1.29, 1.82) is 0 Å². The van der Waals surface area contributed by atoms with Crippen molar-refractivity contribution < 1.29 is 23.2 Å². The molecule has 0 aliphatic heterocycles. The molecular formula is C21H16ClFN4O4. The van der Waals surface area contributed by atoms with Crippen molar-refractivity contribution >= 4 is 41.2 Å². The zero-order chi connectivity index (χ0) is 22.2. The van der Waals surface area contributed by atoms with Crippen LogP contribution >= 0.6 is 11.6 Å². The third-order valence-electron chi connectivity index (χ3n) is 3.86. The number of hydrazone groups is 1. The normalized spacial score (nSPS) is 10.6. The van der Waals surface area contributed by atoms with E-state index in [1.165, 1.54) is 36.5 Å². The van der Waals surface area contributed by atoms with Gasteiger partial charge in [0.15, 0.2) is 0 Å². The van der Waals surface area contributed by atoms with Gasteiger partial charge in [-0.2, -0.15) is 5.10 Å². The fourth-order valence-electron chi connectivity index (χ4n) is 2.38. The van der Waals surface area contributed by atoms with Gasteiger partial charge in [-0.3, -0.25) is 14.4 Å². The standard InChI is InChI=1S/C21H16ClFN4O4/c22-14-2-1-3-16(10-14)26-21(30)20(29)24-11-17-8-9-18(31-17)12-25-27-19(28)13-4-6-15(23)7-5-13/h1-10,12H,11H2,(H,24,29)(H,26,30)(H,27,28)/b25-12-. The van der Waals surface area contributed by atoms with Crippen molar-refractivity contribution in [3.8, 4) is 0 Å². The molecule has 0 saturated carbocycles. The second kappa shape index (κ2) is 10.2. The van der Waals surface area contributed by atoms with Gasteiger partial charge in [0, 0.05) is 16.3 Å². The summed E-state index contributed by atoms with van der Waals surface area (Å²) in [6.45, 7) is -0.0302. The van der Waals surface area contributed by atoms with Gasteiger partial charge in [0.1, 0.15) is 17.3 Å². The first-order chi connectivity index (χ1) is 14.9. The Kier molecular flexibility index (Phi) is 7.13. The first-order valence-corrected chi connectivity index (χ1v) is 9.31. The van der Waals surface area contributed by atoms with E-state index in [4.69, 9.17) is 16.0 Å². The monoisotopic (exact) mass is 442 g/mol. The zero-order valence-corrected chi connectivity index (χ0v) is 16.7. The molecule has 0 aliphatic rings. The maximum atomic E-state index is 12.9. The Labute approximate surface area is 181 Å². The molecule has 0 atom stereocenters. The van der Waals surface area contributed by atoms with Gasteiger partial charge in [-0.1, -0.05) is 17.7 Å². The summed E-state index contributed by atoms with van der Waals surface area (Å²) in [7, 11) is 0. The number of anilines is 1. The summed E-state index contributed by atoms with van der Waals surface area (Å²) in [6, 6.07) is 14.5. The number of hydrogen-bond donors (Lipinski definition) is 3. The molecule has 3 amide bonds. The molecule has 8 nitrogen and oxygen atoms in total. The quantitative estimate of drug-likeness (QED) is 0.309. The van der Waals surface area contributed by atoms with E-state index in [2.05, 4.69) is 21.2 Å². The first-order valence-electron chi connectivity index (χ1n) is 8.93. The van der Waals surface area contributed by atoms with Gasteiger partial charge in [-0.25, -0.2) is 9.82 Å². The SMILES string of the molecule is O=C(NCc1ccc(/C=N\NC(=O)c2ccc(F)cc2)o1)C(=O)Nc1cccc(Cl)c1. The first kappa shape index (κ1) is 21.7. The highest BCUT2D eigenvalue weighted by Crippen LogP contribution is 2.14. The van der Waals surface area contributed by atoms with Gasteiger partial charge < -0.3 is 15.1 Å². The number of nitrogens with one attached hydrogen (secondary N) is 3. The summed E-state index contributed by atoms with van der Waals surface area (Å²) < 4.78 is 18.3. The van der Waals surface area contributed by atoms with Gasteiger partial charge in [0.2, 0.25) is 0 Å². The Balaban J connectivity index is 1.46. The number of benzene rings is 2. The van der Waals surface area contributed by atoms with Crippen LogP contribution in [0.1, 0.15) is 21.9 Å². The molecule has 0 saturated heterocycles. The Morgan fingerprint density at radius 1 is 1.03 bits per heavy atom. The molecule has 0 bridgehead atoms. The third kappa shape index (κ3) is 6.51. The Hall–Kier alpha value is -3.98. The fourth-order valence-corrected chi connectivity index (χ4v) is 2.57. The lowest BCUT2D eigenvalue weighted by molar-refractivity contribution is -0.136. The Morgan fingerprint density at radius 3 is 2.55 bits per heavy atom. The van der Waals surface area contributed by atoms with E-state index in [-0.39, 0.29) is 12.1 Å². The minimum Gasteiger partial charge on any atom is -0.458 e. The van der Waals surface area contributed by atoms with E-state index < -0.39 is 23.5 Å². The largest absolute Gasteiger partial charge is 0.458 e. The van der Waals surface area contributed by atoms with Crippen LogP contribution < -0.4 is 16.1 Å². The summed E-state index contributed by atoms with van der Waals surface area (Å²) in [5, 5.41) is 9.04. The Bertz CT molecular complexity index is 1130. The molecule has 2 aromatic carbocycles. The number of hydrogen-bond acceptors (Lipinski definition) is 5. The van der Waals surface area contributed by atoms with Crippen LogP contribution in [0.3, 0.4) is 0 Å². The molecule has 1 aromatic heterocycles. The second-order valence-corrected chi connectivity index (χ2v) is 6.59. The van der Waals surface area contributed by atoms with Crippen molar-refractivity contribution in [2.75, 3.05) is 5.32 Å². The van der Waals surface area contributed by atoms with Gasteiger partial charge >= 0.3 is 11.8 Å². The summed E-state index contributed by atoms with van der Waals surface area (Å²) in [5.41, 5.74) is 2.93. The van der Waals surface area contributed by atoms with Crippen molar-refractivity contribution in [2.24, 2.45) is 5.10 Å². The van der Waals surface area contributed by atoms with E-state index in [9.17, 15) is 18.8 Å². The predicted molar refractivity (Wildman–Crippen MR) is 112 cm³/mol. The lowest BCUT2D eigenvalue weighted by Crippen LogP contribution is -2.34. The molecule has 3 rings (SSSR count). The Morgan fingerprint density at radius 2 is 1.81 bits per heavy atom. The number of carbonyl (C=O) groups is 3. The number of carbonyl (C=O) groups excluding carboxylic acids is 3. The van der Waals surface area contributed by atoms with Gasteiger partial charge in [0.05, 0.1) is 12.8 Å². The maximum Gasteiger partial charge on any atom is 0.313 e. The molecular weight excluding hydrogens is 427 g/mol. The number of nitrogens with zero attached hydrogens (tertiary/aromatic N) is 1. The summed E-state index contributed by atoms with van der Waals surface area (Å²) in [6.07, 6.45) is 1.26. The molecule has 0 fully saturated rings. The minimum atomic E-state index is -0.849. The molecule has 31 heavy (non-hydrogen) atoms. The zero-order valence-electron chi connectivity index (χ0n) is 15.9. The highest BCUT2D eigenvalue weighted by atomic mass is 35.5. The average Bonchev–Trinajstić information content (AvgIpc) is 3.20. The van der Waals surface area contributed by atoms with E-state index >= 15 is 0 Å². The molecule has 0 radical (unpaired) electrons. The smallest absolute Gasteiger partial charge is 0.313 e. The molecule has 0 aliphatic carbocycles. The number of halogens is 2. The lowest BCUT2D eigenvalue weighted by atomic mass is 10.2. The summed E-state index contributed by atoms with van der Waals surface area (Å²) in [5.74, 6) is -1.97. The van der Waals surface area contributed by atoms with Crippen LogP contribution in [-0.2, 0) is 16.1 Å². The molecule has 1 heterocycles. The molecule has 3 N–H and O–H groups in total. The van der Waals surface area contributed by atoms with E-state index in [0.717, 1.165) is 0 Å². The van der Waals surface area contributed by atoms with Crippen molar-refractivity contribution in [3.05, 3.63) is 88.6 Å². The van der Waals surface area contributed by atoms with Crippen LogP contribution in [0, 0.1) is 5.82 Å². The van der Waals surface area contributed by atoms with Gasteiger partial charge in [-0.15, -0.1) is 0 Å². The van der Waals surface area contributed by atoms with Gasteiger partial charge in [0.25, 0.3) is 5.91 Å². The van der Waals surface area contributed by atoms with E-state index in [1.54, 1.807) is 30.3 Å². The fraction of sp³-hybridized carbons (Fsp3) is 0.0476. The average molecular weight is 443 g/mol. The predicted octanol–water partition coefficient (Wildman–Crippen LogP) is 3.09. The van der Waals surface area contributed by atoms with E-state index in [0.29, 0.717) is 22.2 Å². The molecule has 0 spiro atoms. The van der Waals surface area contributed by atoms with Crippen LogP contribution in [0.15, 0.2) is 70.2 Å². The van der Waals surface area contributed by atoms with Crippen LogP contribution in [0.4, 0.5) is 10.1 Å². The topological polar surface area (TPSA) is 113 Å². The number of furan rings is 1. The van der Waals surface area contributed by atoms with Crippen LogP contribution in [0.2, 0.25) is 5.02 Å². The number of amides is 3. The highest BCUT2D eigenvalue weighted by Gasteiger charge is 2.14. The van der Waals surface area contributed by atoms with Crippen LogP contribution in [0.5, 0.6) is 0 Å². The van der Waals surface area contributed by atoms with E-state index in [1.807, 2.05) is 0 Å². The highest BCUT2D eigenvalue weighted by molar-refractivity contribution is 6.39. The van der Waals surface area contributed by atoms with Crippen LogP contribution in [0.25, 0.3) is 0 Å². The van der Waals surface area contributed by atoms with Gasteiger partial charge in [-0.05, 0) is 54.6 Å². The maximum absolute atomic E-state index is 12.9. The van der Waals surface area contributed by atoms with Crippen molar-refractivity contribution in [2.45, 2.75) is 6.54 Å². The lowest BCUT2D eigenvalue weighted by Gasteiger charge is -2.05. The summed E-state index contributed by atoms with van der Waals surface area (Å²) >= 11 is 5.83. The van der Waals surface area contributed by atoms with Crippen molar-refractivity contribution in [1.82, 2.24) is 10.7 Å². The van der Waals surface area contributed by atoms with Crippen LogP contribution in [-0.4, -0.2) is 23.9 Å². The third-order valence-corrected chi connectivity index (χ3v) is 4.09. The summed E-state index contributed by atoms with van der Waals surface area (Å²) in [4.78, 5) is 35.7. The molecule has 10 heteroatoms. The minimum absolute atomic E-state index is 0.0302. The molecule has 0 unspecified atom stereocenters. The molecule has 158 valence electrons. The second-order valence-electron chi connectivity index (χ2n) is 6.16. The molecule has 3 aromatic rings. The van der Waals surface area contributed by atoms with Crippen molar-refractivity contribution in [3.63, 3.8) is 0 Å².